The highest BCUT2D eigenvalue weighted by atomic mass is 28.4. The molecule has 0 bridgehead atoms. The van der Waals surface area contributed by atoms with Crippen LogP contribution in [0.2, 0.25) is 18.1 Å². The summed E-state index contributed by atoms with van der Waals surface area (Å²) in [6, 6.07) is 3.63. The van der Waals surface area contributed by atoms with Gasteiger partial charge in [0.15, 0.2) is 8.32 Å². The molecule has 0 radical (unpaired) electrons. The van der Waals surface area contributed by atoms with Crippen LogP contribution >= 0.6 is 0 Å². The van der Waals surface area contributed by atoms with Crippen molar-refractivity contribution in [2.75, 3.05) is 0 Å². The van der Waals surface area contributed by atoms with Crippen molar-refractivity contribution in [3.05, 3.63) is 11.6 Å². The van der Waals surface area contributed by atoms with E-state index in [1.807, 2.05) is 0 Å². The lowest BCUT2D eigenvalue weighted by molar-refractivity contribution is 0.267. The maximum atomic E-state index is 6.75. The van der Waals surface area contributed by atoms with E-state index in [0.717, 1.165) is 6.42 Å². The monoisotopic (exact) mass is 334 g/mol. The number of hydrogen-bond donors (Lipinski definition) is 0. The normalized spacial score (nSPS) is 16.4. The third kappa shape index (κ3) is 7.27. The molecule has 0 saturated carbocycles. The fourth-order valence-corrected chi connectivity index (χ4v) is 6.06. The topological polar surface area (TPSA) is 9.23 Å². The molecular weight excluding hydrogens is 296 g/mol. The van der Waals surface area contributed by atoms with Gasteiger partial charge in [0.2, 0.25) is 0 Å². The van der Waals surface area contributed by atoms with Gasteiger partial charge in [-0.15, -0.1) is 5.92 Å². The molecular formula is C21H38OSi. The Kier molecular flexibility index (Phi) is 10.6. The van der Waals surface area contributed by atoms with E-state index in [9.17, 15) is 0 Å². The van der Waals surface area contributed by atoms with E-state index in [0.29, 0.717) is 0 Å². The lowest BCUT2D eigenvalue weighted by Gasteiger charge is -2.33. The Hall–Kier alpha value is -0.523. The Morgan fingerprint density at radius 3 is 2.35 bits per heavy atom. The van der Waals surface area contributed by atoms with Crippen molar-refractivity contribution < 1.29 is 4.43 Å². The van der Waals surface area contributed by atoms with E-state index in [-0.39, 0.29) is 6.10 Å². The van der Waals surface area contributed by atoms with Gasteiger partial charge >= 0.3 is 0 Å². The SMILES string of the molecule is CCCCCCC#CC(O[Si](CC)(CC)CC)C1=CCCCC1. The predicted molar refractivity (Wildman–Crippen MR) is 105 cm³/mol. The Morgan fingerprint density at radius 2 is 1.78 bits per heavy atom. The molecule has 0 aliphatic heterocycles. The zero-order chi connectivity index (χ0) is 17.0. The highest BCUT2D eigenvalue weighted by Gasteiger charge is 2.32. The lowest BCUT2D eigenvalue weighted by atomic mass is 9.95. The predicted octanol–water partition coefficient (Wildman–Crippen LogP) is 6.85. The molecule has 0 saturated heterocycles. The zero-order valence-electron chi connectivity index (χ0n) is 16.0. The smallest absolute Gasteiger partial charge is 0.194 e. The van der Waals surface area contributed by atoms with Gasteiger partial charge in [-0.25, -0.2) is 0 Å². The van der Waals surface area contributed by atoms with E-state index in [2.05, 4.69) is 45.6 Å². The summed E-state index contributed by atoms with van der Waals surface area (Å²) in [5.41, 5.74) is 1.48. The second kappa shape index (κ2) is 11.9. The second-order valence-corrected chi connectivity index (χ2v) is 11.6. The Morgan fingerprint density at radius 1 is 1.04 bits per heavy atom. The fraction of sp³-hybridized carbons (Fsp3) is 0.810. The first-order valence-electron chi connectivity index (χ1n) is 10.1. The second-order valence-electron chi connectivity index (χ2n) is 6.90. The first kappa shape index (κ1) is 20.5. The first-order chi connectivity index (χ1) is 11.2. The van der Waals surface area contributed by atoms with Crippen LogP contribution in [0, 0.1) is 11.8 Å². The van der Waals surface area contributed by atoms with Crippen LogP contribution in [0.15, 0.2) is 11.6 Å². The van der Waals surface area contributed by atoms with Gasteiger partial charge in [0.25, 0.3) is 0 Å². The molecule has 0 N–H and O–H groups in total. The largest absolute Gasteiger partial charge is 0.400 e. The van der Waals surface area contributed by atoms with E-state index in [1.54, 1.807) is 0 Å². The van der Waals surface area contributed by atoms with Crippen LogP contribution in [-0.4, -0.2) is 14.4 Å². The molecule has 1 aliphatic rings. The van der Waals surface area contributed by atoms with Gasteiger partial charge in [-0.05, 0) is 55.8 Å². The van der Waals surface area contributed by atoms with Gasteiger partial charge in [-0.3, -0.25) is 0 Å². The molecule has 1 nitrogen and oxygen atoms in total. The first-order valence-corrected chi connectivity index (χ1v) is 12.6. The van der Waals surface area contributed by atoms with Crippen LogP contribution in [-0.2, 0) is 4.43 Å². The van der Waals surface area contributed by atoms with Crippen molar-refractivity contribution in [3.63, 3.8) is 0 Å². The number of rotatable bonds is 10. The summed E-state index contributed by atoms with van der Waals surface area (Å²) < 4.78 is 6.75. The highest BCUT2D eigenvalue weighted by molar-refractivity contribution is 6.73. The minimum Gasteiger partial charge on any atom is -0.400 e. The molecule has 0 amide bonds. The number of hydrogen-bond acceptors (Lipinski definition) is 1. The van der Waals surface area contributed by atoms with E-state index < -0.39 is 8.32 Å². The van der Waals surface area contributed by atoms with E-state index in [1.165, 1.54) is 75.1 Å². The maximum Gasteiger partial charge on any atom is 0.194 e. The molecule has 23 heavy (non-hydrogen) atoms. The van der Waals surface area contributed by atoms with Crippen LogP contribution < -0.4 is 0 Å². The summed E-state index contributed by atoms with van der Waals surface area (Å²) in [5, 5.41) is 0. The van der Waals surface area contributed by atoms with Crippen molar-refractivity contribution in [3.8, 4) is 11.8 Å². The minimum atomic E-state index is -1.59. The maximum absolute atomic E-state index is 6.75. The zero-order valence-corrected chi connectivity index (χ0v) is 17.0. The number of unbranched alkanes of at least 4 members (excludes halogenated alkanes) is 4. The van der Waals surface area contributed by atoms with Gasteiger partial charge in [-0.2, -0.15) is 0 Å². The summed E-state index contributed by atoms with van der Waals surface area (Å²) in [6.45, 7) is 9.19. The third-order valence-corrected chi connectivity index (χ3v) is 9.95. The molecule has 0 heterocycles. The molecule has 0 aromatic carbocycles. The summed E-state index contributed by atoms with van der Waals surface area (Å²) in [7, 11) is -1.59. The lowest BCUT2D eigenvalue weighted by Crippen LogP contribution is -2.40. The summed E-state index contributed by atoms with van der Waals surface area (Å²) in [5.74, 6) is 6.96. The van der Waals surface area contributed by atoms with Gasteiger partial charge in [0.1, 0.15) is 6.10 Å². The molecule has 1 atom stereocenters. The van der Waals surface area contributed by atoms with Crippen LogP contribution in [0.4, 0.5) is 0 Å². The average molecular weight is 335 g/mol. The molecule has 0 aromatic rings. The van der Waals surface area contributed by atoms with Crippen LogP contribution in [0.25, 0.3) is 0 Å². The molecule has 1 rings (SSSR count). The van der Waals surface area contributed by atoms with Crippen molar-refractivity contribution in [1.82, 2.24) is 0 Å². The van der Waals surface area contributed by atoms with Crippen LogP contribution in [0.5, 0.6) is 0 Å². The summed E-state index contributed by atoms with van der Waals surface area (Å²) >= 11 is 0. The fourth-order valence-electron chi connectivity index (χ4n) is 3.35. The van der Waals surface area contributed by atoms with Gasteiger partial charge in [0, 0.05) is 6.42 Å². The molecule has 0 aromatic heterocycles. The Bertz CT molecular complexity index is 390. The van der Waals surface area contributed by atoms with Crippen LogP contribution in [0.1, 0.15) is 85.5 Å². The van der Waals surface area contributed by atoms with E-state index >= 15 is 0 Å². The van der Waals surface area contributed by atoms with E-state index in [4.69, 9.17) is 4.43 Å². The van der Waals surface area contributed by atoms with Gasteiger partial charge in [-0.1, -0.05) is 59.0 Å². The summed E-state index contributed by atoms with van der Waals surface area (Å²) in [4.78, 5) is 0. The van der Waals surface area contributed by atoms with Crippen molar-refractivity contribution in [2.24, 2.45) is 0 Å². The highest BCUT2D eigenvalue weighted by Crippen LogP contribution is 2.29. The number of allylic oxidation sites excluding steroid dienone is 1. The van der Waals surface area contributed by atoms with Gasteiger partial charge < -0.3 is 4.43 Å². The quantitative estimate of drug-likeness (QED) is 0.184. The van der Waals surface area contributed by atoms with Crippen LogP contribution in [0.3, 0.4) is 0 Å². The molecule has 132 valence electrons. The molecule has 0 fully saturated rings. The molecule has 1 aliphatic carbocycles. The Labute approximate surface area is 146 Å². The Balaban J connectivity index is 2.73. The molecule has 0 spiro atoms. The van der Waals surface area contributed by atoms with Crippen molar-refractivity contribution in [1.29, 1.82) is 0 Å². The third-order valence-electron chi connectivity index (χ3n) is 5.35. The van der Waals surface area contributed by atoms with Gasteiger partial charge in [0.05, 0.1) is 0 Å². The standard InChI is InChI=1S/C21H38OSi/c1-5-9-10-11-12-16-19-21(20-17-14-13-15-18-20)22-23(6-2,7-3)8-4/h17,21H,5-15,18H2,1-4H3. The average Bonchev–Trinajstić information content (AvgIpc) is 2.62. The van der Waals surface area contributed by atoms with Crippen molar-refractivity contribution in [2.45, 2.75) is 110 Å². The minimum absolute atomic E-state index is 0.0907. The van der Waals surface area contributed by atoms with Crippen molar-refractivity contribution >= 4 is 8.32 Å². The molecule has 2 heteroatoms. The summed E-state index contributed by atoms with van der Waals surface area (Å²) in [6.07, 6.45) is 13.8. The molecule has 1 unspecified atom stereocenters.